The number of hydrogen-bond acceptors (Lipinski definition) is 2. The topological polar surface area (TPSA) is 18.5 Å². The monoisotopic (exact) mass is 318 g/mol. The molecule has 0 spiro atoms. The zero-order chi connectivity index (χ0) is 16.2. The normalized spacial score (nSPS) is 19.3. The Kier molecular flexibility index (Phi) is 5.64. The highest BCUT2D eigenvalue weighted by atomic mass is 28.4. The Morgan fingerprint density at radius 3 is 2.41 bits per heavy atom. The van der Waals surface area contributed by atoms with Crippen molar-refractivity contribution in [3.05, 3.63) is 47.5 Å². The Bertz CT molecular complexity index is 500. The summed E-state index contributed by atoms with van der Waals surface area (Å²) in [6.07, 6.45) is 4.80. The molecule has 0 heterocycles. The highest BCUT2D eigenvalue weighted by molar-refractivity contribution is 6.74. The Labute approximate surface area is 136 Å². The molecule has 0 bridgehead atoms. The minimum absolute atomic E-state index is 0.271. The highest BCUT2D eigenvalue weighted by Gasteiger charge is 2.39. The van der Waals surface area contributed by atoms with Gasteiger partial charge in [-0.2, -0.15) is 0 Å². The van der Waals surface area contributed by atoms with E-state index in [-0.39, 0.29) is 11.1 Å². The lowest BCUT2D eigenvalue weighted by Gasteiger charge is -2.38. The third-order valence-electron chi connectivity index (χ3n) is 4.82. The van der Waals surface area contributed by atoms with Gasteiger partial charge in [0.15, 0.2) is 8.32 Å². The van der Waals surface area contributed by atoms with E-state index in [4.69, 9.17) is 9.16 Å². The molecule has 1 atom stereocenters. The van der Waals surface area contributed by atoms with Crippen LogP contribution in [0.3, 0.4) is 0 Å². The maximum absolute atomic E-state index is 6.47. The van der Waals surface area contributed by atoms with E-state index in [0.717, 1.165) is 19.4 Å². The molecule has 1 aliphatic carbocycles. The summed E-state index contributed by atoms with van der Waals surface area (Å²) < 4.78 is 12.3. The lowest BCUT2D eigenvalue weighted by molar-refractivity contribution is 0.141. The van der Waals surface area contributed by atoms with Crippen LogP contribution in [0, 0.1) is 0 Å². The minimum Gasteiger partial charge on any atom is -0.411 e. The van der Waals surface area contributed by atoms with Crippen molar-refractivity contribution in [2.75, 3.05) is 6.61 Å². The molecule has 0 aliphatic heterocycles. The van der Waals surface area contributed by atoms with Gasteiger partial charge in [0, 0.05) is 0 Å². The van der Waals surface area contributed by atoms with Crippen LogP contribution in [0.25, 0.3) is 0 Å². The summed E-state index contributed by atoms with van der Waals surface area (Å²) in [4.78, 5) is 0. The standard InChI is InChI=1S/C19H30O2Si/c1-19(2,3)22(4,5)21-18-12-11-17(13-18)15-20-14-16-9-7-6-8-10-16/h6-10,13,18H,11-12,14-15H2,1-5H3. The average Bonchev–Trinajstić information content (AvgIpc) is 2.85. The highest BCUT2D eigenvalue weighted by Crippen LogP contribution is 2.39. The minimum atomic E-state index is -1.67. The lowest BCUT2D eigenvalue weighted by atomic mass is 10.2. The zero-order valence-electron chi connectivity index (χ0n) is 14.7. The van der Waals surface area contributed by atoms with E-state index < -0.39 is 8.32 Å². The summed E-state index contributed by atoms with van der Waals surface area (Å²) >= 11 is 0. The Morgan fingerprint density at radius 2 is 1.77 bits per heavy atom. The predicted molar refractivity (Wildman–Crippen MR) is 95.5 cm³/mol. The predicted octanol–water partition coefficient (Wildman–Crippen LogP) is 5.31. The molecule has 2 rings (SSSR count). The number of benzene rings is 1. The molecule has 1 aromatic rings. The summed E-state index contributed by atoms with van der Waals surface area (Å²) in [5.41, 5.74) is 2.62. The third-order valence-corrected chi connectivity index (χ3v) is 9.33. The Morgan fingerprint density at radius 1 is 1.09 bits per heavy atom. The third kappa shape index (κ3) is 4.80. The van der Waals surface area contributed by atoms with Gasteiger partial charge in [-0.25, -0.2) is 0 Å². The Hall–Kier alpha value is -0.903. The van der Waals surface area contributed by atoms with Crippen LogP contribution in [0.1, 0.15) is 39.2 Å². The largest absolute Gasteiger partial charge is 0.411 e. The van der Waals surface area contributed by atoms with E-state index in [2.05, 4.69) is 64.2 Å². The fourth-order valence-electron chi connectivity index (χ4n) is 2.40. The molecule has 0 N–H and O–H groups in total. The molecule has 0 fully saturated rings. The van der Waals surface area contributed by atoms with Gasteiger partial charge in [0.25, 0.3) is 0 Å². The van der Waals surface area contributed by atoms with Crippen LogP contribution in [0.15, 0.2) is 42.0 Å². The second-order valence-corrected chi connectivity index (χ2v) is 12.5. The van der Waals surface area contributed by atoms with Crippen LogP contribution < -0.4 is 0 Å². The van der Waals surface area contributed by atoms with Gasteiger partial charge in [-0.05, 0) is 42.1 Å². The van der Waals surface area contributed by atoms with Crippen LogP contribution >= 0.6 is 0 Å². The maximum atomic E-state index is 6.47. The molecule has 0 saturated heterocycles. The molecule has 0 radical (unpaired) electrons. The first-order valence-corrected chi connectivity index (χ1v) is 11.2. The summed E-state index contributed by atoms with van der Waals surface area (Å²) in [5.74, 6) is 0. The van der Waals surface area contributed by atoms with Crippen LogP contribution in [0.2, 0.25) is 18.1 Å². The molecule has 2 nitrogen and oxygen atoms in total. The first-order chi connectivity index (χ1) is 10.3. The first kappa shape index (κ1) is 17.5. The quantitative estimate of drug-likeness (QED) is 0.522. The lowest BCUT2D eigenvalue weighted by Crippen LogP contribution is -2.43. The summed E-state index contributed by atoms with van der Waals surface area (Å²) in [6, 6.07) is 10.3. The number of hydrogen-bond donors (Lipinski definition) is 0. The van der Waals surface area contributed by atoms with Gasteiger partial charge in [0.05, 0.1) is 19.3 Å². The average molecular weight is 319 g/mol. The van der Waals surface area contributed by atoms with Gasteiger partial charge in [-0.3, -0.25) is 0 Å². The summed E-state index contributed by atoms with van der Waals surface area (Å²) in [7, 11) is -1.67. The first-order valence-electron chi connectivity index (χ1n) is 8.27. The van der Waals surface area contributed by atoms with E-state index in [9.17, 15) is 0 Å². The molecule has 0 saturated carbocycles. The van der Waals surface area contributed by atoms with Gasteiger partial charge >= 0.3 is 0 Å². The SMILES string of the molecule is CC(C)(C)[Si](C)(C)OC1C=C(COCc2ccccc2)CC1. The Balaban J connectivity index is 1.80. The van der Waals surface area contributed by atoms with E-state index in [1.165, 1.54) is 11.1 Å². The smallest absolute Gasteiger partial charge is 0.192 e. The molecule has 1 aliphatic rings. The van der Waals surface area contributed by atoms with E-state index in [0.29, 0.717) is 6.61 Å². The van der Waals surface area contributed by atoms with Crippen molar-refractivity contribution in [1.82, 2.24) is 0 Å². The van der Waals surface area contributed by atoms with Gasteiger partial charge in [0.1, 0.15) is 0 Å². The van der Waals surface area contributed by atoms with Crippen molar-refractivity contribution in [1.29, 1.82) is 0 Å². The van der Waals surface area contributed by atoms with Crippen molar-refractivity contribution in [3.8, 4) is 0 Å². The van der Waals surface area contributed by atoms with Crippen LogP contribution in [0.4, 0.5) is 0 Å². The van der Waals surface area contributed by atoms with E-state index >= 15 is 0 Å². The number of ether oxygens (including phenoxy) is 1. The summed E-state index contributed by atoms with van der Waals surface area (Å²) in [6.45, 7) is 12.9. The molecule has 3 heteroatoms. The molecule has 0 aromatic heterocycles. The molecule has 122 valence electrons. The van der Waals surface area contributed by atoms with Crippen molar-refractivity contribution in [3.63, 3.8) is 0 Å². The van der Waals surface area contributed by atoms with Gasteiger partial charge in [-0.15, -0.1) is 0 Å². The number of rotatable bonds is 6. The maximum Gasteiger partial charge on any atom is 0.192 e. The van der Waals surface area contributed by atoms with Gasteiger partial charge < -0.3 is 9.16 Å². The van der Waals surface area contributed by atoms with Crippen LogP contribution in [-0.4, -0.2) is 21.0 Å². The molecule has 1 unspecified atom stereocenters. The molecular weight excluding hydrogens is 288 g/mol. The van der Waals surface area contributed by atoms with Crippen molar-refractivity contribution >= 4 is 8.32 Å². The fraction of sp³-hybridized carbons (Fsp3) is 0.579. The second kappa shape index (κ2) is 7.11. The van der Waals surface area contributed by atoms with Gasteiger partial charge in [0.2, 0.25) is 0 Å². The van der Waals surface area contributed by atoms with Crippen LogP contribution in [-0.2, 0) is 15.8 Å². The molecule has 1 aromatic carbocycles. The molecular formula is C19H30O2Si. The van der Waals surface area contributed by atoms with E-state index in [1.807, 2.05) is 6.07 Å². The van der Waals surface area contributed by atoms with Crippen LogP contribution in [0.5, 0.6) is 0 Å². The van der Waals surface area contributed by atoms with Gasteiger partial charge in [-0.1, -0.05) is 57.2 Å². The molecule has 0 amide bonds. The van der Waals surface area contributed by atoms with Crippen molar-refractivity contribution < 1.29 is 9.16 Å². The van der Waals surface area contributed by atoms with E-state index in [1.54, 1.807) is 0 Å². The molecule has 22 heavy (non-hydrogen) atoms. The summed E-state index contributed by atoms with van der Waals surface area (Å²) in [5, 5.41) is 0.271. The van der Waals surface area contributed by atoms with Crippen molar-refractivity contribution in [2.24, 2.45) is 0 Å². The van der Waals surface area contributed by atoms with Crippen molar-refractivity contribution in [2.45, 2.75) is 64.5 Å². The fourth-order valence-corrected chi connectivity index (χ4v) is 3.70. The zero-order valence-corrected chi connectivity index (χ0v) is 15.7. The second-order valence-electron chi connectivity index (χ2n) is 7.76.